The second-order valence-corrected chi connectivity index (χ2v) is 16.5. The molecule has 1 amide bonds. The number of aliphatic hydroxyl groups excluding tert-OH is 1. The molecule has 1 N–H and O–H groups in total. The average molecular weight is 731 g/mol. The van der Waals surface area contributed by atoms with Gasteiger partial charge in [-0.2, -0.15) is 0 Å². The van der Waals surface area contributed by atoms with Crippen LogP contribution in [0.5, 0.6) is 0 Å². The lowest BCUT2D eigenvalue weighted by atomic mass is 9.81. The number of hydrogen-bond acceptors (Lipinski definition) is 9. The first-order valence-corrected chi connectivity index (χ1v) is 19.4. The summed E-state index contributed by atoms with van der Waals surface area (Å²) in [6.45, 7) is 16.2. The van der Waals surface area contributed by atoms with E-state index < -0.39 is 30.3 Å². The predicted octanol–water partition coefficient (Wildman–Crippen LogP) is 7.96. The number of esters is 2. The molecule has 1 aliphatic carbocycles. The number of aliphatic hydroxyl groups is 1. The smallest absolute Gasteiger partial charge is 0.410 e. The maximum atomic E-state index is 13.7. The van der Waals surface area contributed by atoms with Gasteiger partial charge in [-0.15, -0.1) is 11.8 Å². The quantitative estimate of drug-likeness (QED) is 0.0902. The number of ether oxygens (including phenoxy) is 3. The highest BCUT2D eigenvalue weighted by molar-refractivity contribution is 8.14. The van der Waals surface area contributed by atoms with Crippen LogP contribution < -0.4 is 0 Å². The summed E-state index contributed by atoms with van der Waals surface area (Å²) in [6, 6.07) is 15.6. The number of fused-ring (bicyclic) bond motifs is 3. The van der Waals surface area contributed by atoms with Gasteiger partial charge in [-0.25, -0.2) is 14.4 Å². The van der Waals surface area contributed by atoms with E-state index in [1.165, 1.54) is 11.0 Å². The van der Waals surface area contributed by atoms with Crippen LogP contribution >= 0.6 is 11.8 Å². The molecule has 2 aromatic carbocycles. The van der Waals surface area contributed by atoms with Gasteiger partial charge in [0.2, 0.25) is 0 Å². The maximum absolute atomic E-state index is 13.7. The summed E-state index contributed by atoms with van der Waals surface area (Å²) < 4.78 is 17.2. The van der Waals surface area contributed by atoms with Gasteiger partial charge in [0, 0.05) is 29.7 Å². The lowest BCUT2D eigenvalue weighted by Gasteiger charge is -2.34. The number of aliphatic imine (C=N–C) groups is 1. The Morgan fingerprint density at radius 2 is 1.69 bits per heavy atom. The highest BCUT2D eigenvalue weighted by Gasteiger charge is 2.40. The fraction of sp³-hybridized carbons (Fsp3) is 0.524. The monoisotopic (exact) mass is 730 g/mol. The van der Waals surface area contributed by atoms with Gasteiger partial charge in [-0.05, 0) is 72.3 Å². The van der Waals surface area contributed by atoms with Crippen molar-refractivity contribution in [1.82, 2.24) is 4.90 Å². The van der Waals surface area contributed by atoms with Crippen LogP contribution in [0.2, 0.25) is 0 Å². The number of benzene rings is 2. The van der Waals surface area contributed by atoms with Gasteiger partial charge in [0.25, 0.3) is 0 Å². The molecule has 2 aromatic rings. The third-order valence-electron chi connectivity index (χ3n) is 10.3. The largest absolute Gasteiger partial charge is 0.460 e. The standard InChI is InChI=1S/C42H54N2O7S/c1-8-20-49-39(46)27(3)23-29-25-52-38(43-29)28(4)36(45)21-26(2)22-37(42(5,6)7)51-40(47)35-18-13-19-44(35)41(48)50-24-34-32-16-11-9-14-30(32)31-15-10-12-17-33(31)34/h8-12,14-17,23,26,28-29,34-37,45H,1,13,18-22,24-25H2,2-7H3/b27-23+/t26-,28-,29-,35-,36-,37-/m0/s1. The molecule has 3 aliphatic rings. The highest BCUT2D eigenvalue weighted by atomic mass is 32.2. The van der Waals surface area contributed by atoms with Crippen LogP contribution in [0.15, 0.2) is 77.8 Å². The summed E-state index contributed by atoms with van der Waals surface area (Å²) in [5.74, 6) is -0.299. The van der Waals surface area contributed by atoms with Crippen molar-refractivity contribution in [1.29, 1.82) is 0 Å². The lowest BCUT2D eigenvalue weighted by Crippen LogP contribution is -2.45. The molecule has 0 bridgehead atoms. The van der Waals surface area contributed by atoms with Gasteiger partial charge in [-0.3, -0.25) is 9.89 Å². The molecule has 280 valence electrons. The van der Waals surface area contributed by atoms with Crippen LogP contribution in [0.25, 0.3) is 11.1 Å². The van der Waals surface area contributed by atoms with Crippen LogP contribution in [0.4, 0.5) is 4.79 Å². The Morgan fingerprint density at radius 1 is 1.04 bits per heavy atom. The molecule has 6 atom stereocenters. The predicted molar refractivity (Wildman–Crippen MR) is 206 cm³/mol. The Hall–Kier alpha value is -3.89. The first-order chi connectivity index (χ1) is 24.8. The summed E-state index contributed by atoms with van der Waals surface area (Å²) in [5.41, 5.74) is 4.74. The van der Waals surface area contributed by atoms with E-state index in [2.05, 4.69) is 37.8 Å². The Bertz CT molecular complexity index is 1630. The van der Waals surface area contributed by atoms with E-state index in [1.807, 2.05) is 58.0 Å². The van der Waals surface area contributed by atoms with Crippen molar-refractivity contribution in [3.05, 3.63) is 84.0 Å². The Morgan fingerprint density at radius 3 is 2.33 bits per heavy atom. The molecule has 5 rings (SSSR count). The molecule has 0 radical (unpaired) electrons. The van der Waals surface area contributed by atoms with Crippen molar-refractivity contribution >= 4 is 34.8 Å². The van der Waals surface area contributed by atoms with Crippen LogP contribution in [0.3, 0.4) is 0 Å². The minimum atomic E-state index is -0.701. The zero-order chi connectivity index (χ0) is 37.6. The molecule has 52 heavy (non-hydrogen) atoms. The molecule has 0 aromatic heterocycles. The fourth-order valence-electron chi connectivity index (χ4n) is 7.30. The molecule has 2 aliphatic heterocycles. The van der Waals surface area contributed by atoms with Gasteiger partial charge in [0.05, 0.1) is 17.2 Å². The minimum Gasteiger partial charge on any atom is -0.460 e. The van der Waals surface area contributed by atoms with Crippen molar-refractivity contribution in [2.24, 2.45) is 22.2 Å². The first kappa shape index (κ1) is 39.3. The summed E-state index contributed by atoms with van der Waals surface area (Å²) in [7, 11) is 0. The summed E-state index contributed by atoms with van der Waals surface area (Å²) in [4.78, 5) is 45.6. The molecule has 1 fully saturated rings. The maximum Gasteiger partial charge on any atom is 0.410 e. The average Bonchev–Trinajstić information content (AvgIpc) is 3.87. The molecular formula is C42H54N2O7S. The van der Waals surface area contributed by atoms with Gasteiger partial charge in [0.1, 0.15) is 25.4 Å². The van der Waals surface area contributed by atoms with E-state index in [0.29, 0.717) is 43.6 Å². The van der Waals surface area contributed by atoms with E-state index >= 15 is 0 Å². The molecule has 10 heteroatoms. The van der Waals surface area contributed by atoms with Crippen LogP contribution in [-0.2, 0) is 23.8 Å². The number of carbonyl (C=O) groups excluding carboxylic acids is 3. The molecular weight excluding hydrogens is 677 g/mol. The van der Waals surface area contributed by atoms with E-state index in [0.717, 1.165) is 27.3 Å². The number of likely N-dealkylation sites (tertiary alicyclic amines) is 1. The van der Waals surface area contributed by atoms with Gasteiger partial charge in [0.15, 0.2) is 0 Å². The van der Waals surface area contributed by atoms with Gasteiger partial charge < -0.3 is 19.3 Å². The highest BCUT2D eigenvalue weighted by Crippen LogP contribution is 2.44. The van der Waals surface area contributed by atoms with Crippen molar-refractivity contribution < 1.29 is 33.7 Å². The lowest BCUT2D eigenvalue weighted by molar-refractivity contribution is -0.161. The van der Waals surface area contributed by atoms with E-state index in [4.69, 9.17) is 19.2 Å². The number of thioether (sulfide) groups is 1. The number of amides is 1. The summed E-state index contributed by atoms with van der Waals surface area (Å²) >= 11 is 1.60. The fourth-order valence-corrected chi connectivity index (χ4v) is 8.44. The van der Waals surface area contributed by atoms with Crippen LogP contribution in [-0.4, -0.2) is 82.9 Å². The van der Waals surface area contributed by atoms with E-state index in [-0.39, 0.29) is 48.4 Å². The zero-order valence-electron chi connectivity index (χ0n) is 31.4. The molecule has 2 heterocycles. The minimum absolute atomic E-state index is 0.0425. The van der Waals surface area contributed by atoms with Gasteiger partial charge in [-0.1, -0.05) is 95.8 Å². The van der Waals surface area contributed by atoms with Crippen molar-refractivity contribution in [2.45, 2.75) is 97.4 Å². The Balaban J connectivity index is 1.15. The van der Waals surface area contributed by atoms with E-state index in [1.54, 1.807) is 18.7 Å². The van der Waals surface area contributed by atoms with Crippen molar-refractivity contribution in [3.8, 4) is 11.1 Å². The van der Waals surface area contributed by atoms with Crippen molar-refractivity contribution in [3.63, 3.8) is 0 Å². The van der Waals surface area contributed by atoms with Crippen LogP contribution in [0, 0.1) is 17.3 Å². The molecule has 9 nitrogen and oxygen atoms in total. The number of rotatable bonds is 14. The zero-order valence-corrected chi connectivity index (χ0v) is 32.2. The topological polar surface area (TPSA) is 115 Å². The summed E-state index contributed by atoms with van der Waals surface area (Å²) in [6.07, 6.45) is 4.09. The third-order valence-corrected chi connectivity index (χ3v) is 11.6. The van der Waals surface area contributed by atoms with E-state index in [9.17, 15) is 19.5 Å². The second-order valence-electron chi connectivity index (χ2n) is 15.5. The number of nitrogens with zero attached hydrogens (tertiary/aromatic N) is 2. The van der Waals surface area contributed by atoms with Crippen molar-refractivity contribution in [2.75, 3.05) is 25.5 Å². The normalized spacial score (nSPS) is 21.0. The molecule has 0 unspecified atom stereocenters. The SMILES string of the molecule is C=CCOC(=O)/C(C)=C/[C@H]1CSC([C@@H](C)[C@@H](O)C[C@H](C)C[C@H](OC(=O)[C@@H]2CCCN2C(=O)OCC2c3ccccc3-c3ccccc32)C(C)(C)C)=N1. The molecule has 1 saturated heterocycles. The van der Waals surface area contributed by atoms with Gasteiger partial charge >= 0.3 is 18.0 Å². The number of hydrogen-bond donors (Lipinski definition) is 1. The molecule has 0 saturated carbocycles. The number of carbonyl (C=O) groups is 3. The first-order valence-electron chi connectivity index (χ1n) is 18.5. The Labute approximate surface area is 312 Å². The third kappa shape index (κ3) is 9.36. The Kier molecular flexibility index (Phi) is 13.1. The second kappa shape index (κ2) is 17.3. The summed E-state index contributed by atoms with van der Waals surface area (Å²) in [5, 5.41) is 12.1. The van der Waals surface area contributed by atoms with Crippen LogP contribution in [0.1, 0.15) is 84.3 Å². The molecule has 0 spiro atoms.